The SMILES string of the molecule is C[C@]12CC[C@H](O)CC1=CC[C@@H]1[C@@H]2CC[C@]2(C)C(c3ccc(N4CCN(c5ccc(C(F)(F)F)cc5)CC4)nc3)=CC[C@@H]12. The van der Waals surface area contributed by atoms with E-state index in [0.717, 1.165) is 75.7 Å². The molecule has 0 amide bonds. The number of allylic oxidation sites excluding steroid dienone is 3. The molecular weight excluding hydrogens is 535 g/mol. The van der Waals surface area contributed by atoms with Crippen LogP contribution in [0.3, 0.4) is 0 Å². The van der Waals surface area contributed by atoms with E-state index in [1.165, 1.54) is 41.7 Å². The first kappa shape index (κ1) is 28.0. The van der Waals surface area contributed by atoms with Crippen LogP contribution in [0.4, 0.5) is 24.7 Å². The monoisotopic (exact) mass is 577 g/mol. The summed E-state index contributed by atoms with van der Waals surface area (Å²) in [5.74, 6) is 3.05. The summed E-state index contributed by atoms with van der Waals surface area (Å²) in [5, 5.41) is 10.3. The number of aliphatic hydroxyl groups is 1. The standard InChI is InChI=1S/C35H42F3N3O/c1-33-15-13-27(42)21-25(33)6-9-28-30-11-10-29(34(30,2)16-14-31(28)33)23-3-12-32(39-22-23)41-19-17-40(18-20-41)26-7-4-24(5-8-26)35(36,37)38/h3-8,10,12,22,27-28,30-31,42H,9,11,13-21H2,1-2H3/t27-,28-,30-,31-,33-,34+/m0/s1. The van der Waals surface area contributed by atoms with Gasteiger partial charge in [-0.15, -0.1) is 0 Å². The molecule has 6 atom stereocenters. The normalized spacial score (nSPS) is 34.7. The molecule has 42 heavy (non-hydrogen) atoms. The molecule has 0 radical (unpaired) electrons. The third-order valence-corrected chi connectivity index (χ3v) is 11.9. The topological polar surface area (TPSA) is 39.6 Å². The van der Waals surface area contributed by atoms with Gasteiger partial charge >= 0.3 is 6.18 Å². The Kier molecular flexibility index (Phi) is 6.76. The summed E-state index contributed by atoms with van der Waals surface area (Å²) >= 11 is 0. The van der Waals surface area contributed by atoms with Crippen molar-refractivity contribution in [2.45, 2.75) is 71.1 Å². The average Bonchev–Trinajstić information content (AvgIpc) is 3.34. The fraction of sp³-hybridized carbons (Fsp3) is 0.571. The van der Waals surface area contributed by atoms with E-state index in [1.54, 1.807) is 12.1 Å². The number of pyridine rings is 1. The van der Waals surface area contributed by atoms with E-state index in [9.17, 15) is 18.3 Å². The summed E-state index contributed by atoms with van der Waals surface area (Å²) in [6.07, 6.45) is 10.3. The molecule has 1 N–H and O–H groups in total. The van der Waals surface area contributed by atoms with E-state index < -0.39 is 11.7 Å². The summed E-state index contributed by atoms with van der Waals surface area (Å²) in [5.41, 5.74) is 4.89. The van der Waals surface area contributed by atoms with Gasteiger partial charge in [-0.05, 0) is 121 Å². The van der Waals surface area contributed by atoms with Crippen LogP contribution in [0.25, 0.3) is 5.57 Å². The van der Waals surface area contributed by atoms with Crippen molar-refractivity contribution in [3.05, 3.63) is 71.4 Å². The van der Waals surface area contributed by atoms with Crippen molar-refractivity contribution in [3.63, 3.8) is 0 Å². The minimum atomic E-state index is -4.31. The number of nitrogens with zero attached hydrogens (tertiary/aromatic N) is 3. The number of piperazine rings is 1. The predicted octanol–water partition coefficient (Wildman–Crippen LogP) is 7.74. The average molecular weight is 578 g/mol. The second-order valence-corrected chi connectivity index (χ2v) is 13.9. The second kappa shape index (κ2) is 10.1. The zero-order chi connectivity index (χ0) is 29.3. The minimum absolute atomic E-state index is 0.159. The zero-order valence-corrected chi connectivity index (χ0v) is 24.7. The number of hydrogen-bond donors (Lipinski definition) is 1. The lowest BCUT2D eigenvalue weighted by Crippen LogP contribution is -2.49. The van der Waals surface area contributed by atoms with Gasteiger partial charge in [0.25, 0.3) is 0 Å². The van der Waals surface area contributed by atoms with Crippen LogP contribution in [0.5, 0.6) is 0 Å². The number of fused-ring (bicyclic) bond motifs is 5. The molecule has 4 nitrogen and oxygen atoms in total. The van der Waals surface area contributed by atoms with E-state index in [0.29, 0.717) is 11.8 Å². The molecule has 1 aromatic carbocycles. The van der Waals surface area contributed by atoms with Crippen LogP contribution in [-0.2, 0) is 6.18 Å². The van der Waals surface area contributed by atoms with Crippen LogP contribution in [0.1, 0.15) is 69.9 Å². The molecule has 7 rings (SSSR count). The molecule has 0 bridgehead atoms. The Hall–Kier alpha value is -2.80. The van der Waals surface area contributed by atoms with Crippen LogP contribution < -0.4 is 9.80 Å². The van der Waals surface area contributed by atoms with E-state index >= 15 is 0 Å². The summed E-state index contributed by atoms with van der Waals surface area (Å²) < 4.78 is 38.8. The van der Waals surface area contributed by atoms with Gasteiger partial charge < -0.3 is 14.9 Å². The predicted molar refractivity (Wildman–Crippen MR) is 161 cm³/mol. The molecule has 2 saturated carbocycles. The Labute approximate surface area is 247 Å². The summed E-state index contributed by atoms with van der Waals surface area (Å²) in [4.78, 5) is 9.33. The van der Waals surface area contributed by atoms with Gasteiger partial charge in [-0.1, -0.05) is 31.6 Å². The van der Waals surface area contributed by atoms with Gasteiger partial charge in [0.05, 0.1) is 11.7 Å². The lowest BCUT2D eigenvalue weighted by Gasteiger charge is -2.57. The number of halogens is 3. The fourth-order valence-electron chi connectivity index (χ4n) is 9.44. The lowest BCUT2D eigenvalue weighted by molar-refractivity contribution is -0.137. The zero-order valence-electron chi connectivity index (χ0n) is 24.7. The smallest absolute Gasteiger partial charge is 0.393 e. The Balaban J connectivity index is 1.01. The highest BCUT2D eigenvalue weighted by atomic mass is 19.4. The quantitative estimate of drug-likeness (QED) is 0.379. The number of benzene rings is 1. The van der Waals surface area contributed by atoms with Crippen LogP contribution in [0.15, 0.2) is 60.3 Å². The van der Waals surface area contributed by atoms with Gasteiger partial charge in [-0.25, -0.2) is 4.98 Å². The van der Waals surface area contributed by atoms with Crippen molar-refractivity contribution < 1.29 is 18.3 Å². The summed E-state index contributed by atoms with van der Waals surface area (Å²) in [7, 11) is 0. The maximum Gasteiger partial charge on any atom is 0.416 e. The molecule has 1 aromatic heterocycles. The van der Waals surface area contributed by atoms with Crippen molar-refractivity contribution >= 4 is 17.1 Å². The molecule has 224 valence electrons. The molecule has 4 aliphatic carbocycles. The van der Waals surface area contributed by atoms with Crippen molar-refractivity contribution in [2.75, 3.05) is 36.0 Å². The molecular formula is C35H42F3N3O. The largest absolute Gasteiger partial charge is 0.416 e. The third kappa shape index (κ3) is 4.58. The van der Waals surface area contributed by atoms with Gasteiger partial charge in [-0.2, -0.15) is 13.2 Å². The van der Waals surface area contributed by atoms with Crippen LogP contribution in [0, 0.1) is 28.6 Å². The van der Waals surface area contributed by atoms with Gasteiger partial charge in [0.15, 0.2) is 0 Å². The van der Waals surface area contributed by atoms with E-state index in [-0.39, 0.29) is 16.9 Å². The highest BCUT2D eigenvalue weighted by Gasteiger charge is 2.56. The number of rotatable bonds is 3. The molecule has 1 saturated heterocycles. The molecule has 1 aliphatic heterocycles. The molecule has 2 heterocycles. The second-order valence-electron chi connectivity index (χ2n) is 13.9. The highest BCUT2D eigenvalue weighted by molar-refractivity contribution is 5.73. The van der Waals surface area contributed by atoms with Crippen LogP contribution in [0.2, 0.25) is 0 Å². The van der Waals surface area contributed by atoms with Crippen LogP contribution >= 0.6 is 0 Å². The highest BCUT2D eigenvalue weighted by Crippen LogP contribution is 2.66. The molecule has 0 spiro atoms. The first-order chi connectivity index (χ1) is 20.1. The summed E-state index contributed by atoms with van der Waals surface area (Å²) in [6.45, 7) is 8.04. The maximum absolute atomic E-state index is 12.9. The number of hydrogen-bond acceptors (Lipinski definition) is 4. The summed E-state index contributed by atoms with van der Waals surface area (Å²) in [6, 6.07) is 9.88. The Morgan fingerprint density at radius 2 is 1.55 bits per heavy atom. The Morgan fingerprint density at radius 1 is 0.833 bits per heavy atom. The number of alkyl halides is 3. The fourth-order valence-corrected chi connectivity index (χ4v) is 9.44. The van der Waals surface area contributed by atoms with Crippen molar-refractivity contribution in [1.29, 1.82) is 0 Å². The van der Waals surface area contributed by atoms with Gasteiger partial charge in [-0.3, -0.25) is 0 Å². The van der Waals surface area contributed by atoms with E-state index in [4.69, 9.17) is 4.98 Å². The van der Waals surface area contributed by atoms with Crippen molar-refractivity contribution in [1.82, 2.24) is 4.98 Å². The first-order valence-electron chi connectivity index (χ1n) is 15.8. The van der Waals surface area contributed by atoms with Crippen molar-refractivity contribution in [3.8, 4) is 0 Å². The van der Waals surface area contributed by atoms with Gasteiger partial charge in [0, 0.05) is 38.1 Å². The van der Waals surface area contributed by atoms with Crippen LogP contribution in [-0.4, -0.2) is 42.4 Å². The van der Waals surface area contributed by atoms with E-state index in [1.807, 2.05) is 0 Å². The third-order valence-electron chi connectivity index (χ3n) is 11.9. The minimum Gasteiger partial charge on any atom is -0.393 e. The van der Waals surface area contributed by atoms with Crippen molar-refractivity contribution in [2.24, 2.45) is 28.6 Å². The Morgan fingerprint density at radius 3 is 2.24 bits per heavy atom. The lowest BCUT2D eigenvalue weighted by atomic mass is 9.47. The number of anilines is 2. The number of aliphatic hydroxyl groups excluding tert-OH is 1. The molecule has 0 unspecified atom stereocenters. The number of aromatic nitrogens is 1. The first-order valence-corrected chi connectivity index (χ1v) is 15.8. The molecule has 3 fully saturated rings. The molecule has 2 aromatic rings. The molecule has 5 aliphatic rings. The van der Waals surface area contributed by atoms with Gasteiger partial charge in [0.1, 0.15) is 5.82 Å². The maximum atomic E-state index is 12.9. The van der Waals surface area contributed by atoms with Gasteiger partial charge in [0.2, 0.25) is 0 Å². The Bertz CT molecular complexity index is 1380. The van der Waals surface area contributed by atoms with E-state index in [2.05, 4.69) is 54.1 Å². The molecule has 7 heteroatoms.